The Labute approximate surface area is 183 Å². The third kappa shape index (κ3) is 21.2. The molecule has 0 bridgehead atoms. The number of allylic oxidation sites excluding steroid dienone is 10. The van der Waals surface area contributed by atoms with Crippen LogP contribution in [0.3, 0.4) is 0 Å². The second-order valence-corrected chi connectivity index (χ2v) is 8.60. The van der Waals surface area contributed by atoms with Gasteiger partial charge < -0.3 is 0 Å². The first kappa shape index (κ1) is 25.7. The van der Waals surface area contributed by atoms with Gasteiger partial charge in [0.1, 0.15) is 0 Å². The van der Waals surface area contributed by atoms with Crippen molar-refractivity contribution in [3.63, 3.8) is 0 Å². The molecule has 1 aliphatic rings. The van der Waals surface area contributed by atoms with Gasteiger partial charge in [-0.1, -0.05) is 157 Å². The van der Waals surface area contributed by atoms with Gasteiger partial charge in [0.25, 0.3) is 0 Å². The summed E-state index contributed by atoms with van der Waals surface area (Å²) < 4.78 is 0. The molecule has 0 fully saturated rings. The van der Waals surface area contributed by atoms with E-state index in [1.54, 1.807) is 0 Å². The lowest BCUT2D eigenvalue weighted by molar-refractivity contribution is 0.526. The van der Waals surface area contributed by atoms with Crippen molar-refractivity contribution in [3.05, 3.63) is 60.8 Å². The minimum Gasteiger partial charge on any atom is -0.0845 e. The molecule has 1 rings (SSSR count). The maximum atomic E-state index is 2.31. The SMILES string of the molecule is C1=CC=CC=CCCCCCCCCCCCCCCCCCCCC=CC=C1. The van der Waals surface area contributed by atoms with Crippen molar-refractivity contribution < 1.29 is 0 Å². The molecule has 0 unspecified atom stereocenters. The smallest absolute Gasteiger partial charge is 0.0348 e. The largest absolute Gasteiger partial charge is 0.0845 e. The topological polar surface area (TPSA) is 0 Å². The summed E-state index contributed by atoms with van der Waals surface area (Å²) in [5.74, 6) is 0. The minimum absolute atomic E-state index is 1.22. The van der Waals surface area contributed by atoms with Crippen molar-refractivity contribution in [1.29, 1.82) is 0 Å². The lowest BCUT2D eigenvalue weighted by atomic mass is 10.0. The molecule has 0 spiro atoms. The van der Waals surface area contributed by atoms with Crippen molar-refractivity contribution in [2.75, 3.05) is 0 Å². The summed E-state index contributed by atoms with van der Waals surface area (Å²) in [5, 5.41) is 0. The van der Waals surface area contributed by atoms with Gasteiger partial charge in [-0.3, -0.25) is 0 Å². The van der Waals surface area contributed by atoms with Crippen LogP contribution in [0.1, 0.15) is 122 Å². The molecule has 0 heterocycles. The molecule has 0 aromatic carbocycles. The average Bonchev–Trinajstić information content (AvgIpc) is 2.73. The molecular formula is C29H48. The van der Waals surface area contributed by atoms with Gasteiger partial charge in [-0.05, 0) is 25.7 Å². The highest BCUT2D eigenvalue weighted by Gasteiger charge is 1.95. The lowest BCUT2D eigenvalue weighted by Gasteiger charge is -2.03. The van der Waals surface area contributed by atoms with Crippen LogP contribution >= 0.6 is 0 Å². The molecule has 0 radical (unpaired) electrons. The summed E-state index contributed by atoms with van der Waals surface area (Å²) in [4.78, 5) is 0. The molecule has 29 heavy (non-hydrogen) atoms. The fourth-order valence-corrected chi connectivity index (χ4v) is 3.91. The van der Waals surface area contributed by atoms with Crippen molar-refractivity contribution >= 4 is 0 Å². The Bertz CT molecular complexity index is 418. The van der Waals surface area contributed by atoms with E-state index in [1.807, 2.05) is 0 Å². The van der Waals surface area contributed by atoms with E-state index in [0.29, 0.717) is 0 Å². The van der Waals surface area contributed by atoms with Crippen LogP contribution in [0.2, 0.25) is 0 Å². The molecule has 0 saturated carbocycles. The first-order chi connectivity index (χ1) is 14.5. The van der Waals surface area contributed by atoms with Crippen LogP contribution in [-0.4, -0.2) is 0 Å². The molecule has 0 heteroatoms. The lowest BCUT2D eigenvalue weighted by Crippen LogP contribution is -1.84. The van der Waals surface area contributed by atoms with E-state index in [2.05, 4.69) is 60.8 Å². The van der Waals surface area contributed by atoms with Gasteiger partial charge in [0.05, 0.1) is 0 Å². The van der Waals surface area contributed by atoms with Crippen molar-refractivity contribution in [2.45, 2.75) is 122 Å². The van der Waals surface area contributed by atoms with E-state index in [1.165, 1.54) is 122 Å². The van der Waals surface area contributed by atoms with Crippen LogP contribution in [-0.2, 0) is 0 Å². The highest BCUT2D eigenvalue weighted by Crippen LogP contribution is 2.14. The van der Waals surface area contributed by atoms with E-state index in [9.17, 15) is 0 Å². The number of hydrogen-bond donors (Lipinski definition) is 0. The molecule has 0 amide bonds. The predicted molar refractivity (Wildman–Crippen MR) is 133 cm³/mol. The molecule has 0 aromatic heterocycles. The number of hydrogen-bond acceptors (Lipinski definition) is 0. The van der Waals surface area contributed by atoms with Gasteiger partial charge in [-0.25, -0.2) is 0 Å². The fourth-order valence-electron chi connectivity index (χ4n) is 3.91. The maximum Gasteiger partial charge on any atom is -0.0348 e. The Morgan fingerprint density at radius 2 is 0.414 bits per heavy atom. The molecule has 0 N–H and O–H groups in total. The maximum absolute atomic E-state index is 2.31. The van der Waals surface area contributed by atoms with Gasteiger partial charge in [-0.2, -0.15) is 0 Å². The first-order valence-electron chi connectivity index (χ1n) is 12.8. The zero-order valence-electron chi connectivity index (χ0n) is 19.2. The number of rotatable bonds is 0. The van der Waals surface area contributed by atoms with E-state index < -0.39 is 0 Å². The van der Waals surface area contributed by atoms with Crippen molar-refractivity contribution in [3.8, 4) is 0 Å². The Kier molecular flexibility index (Phi) is 20.4. The van der Waals surface area contributed by atoms with Crippen LogP contribution in [0.5, 0.6) is 0 Å². The summed E-state index contributed by atoms with van der Waals surface area (Å²) in [6.07, 6.45) is 48.5. The predicted octanol–water partition coefficient (Wildman–Crippen LogP) is 10.2. The summed E-state index contributed by atoms with van der Waals surface area (Å²) in [7, 11) is 0. The van der Waals surface area contributed by atoms with Gasteiger partial charge in [0.2, 0.25) is 0 Å². The van der Waals surface area contributed by atoms with E-state index in [-0.39, 0.29) is 0 Å². The van der Waals surface area contributed by atoms with Crippen LogP contribution in [0.4, 0.5) is 0 Å². The van der Waals surface area contributed by atoms with Crippen molar-refractivity contribution in [1.82, 2.24) is 0 Å². The summed E-state index contributed by atoms with van der Waals surface area (Å²) in [5.41, 5.74) is 0. The normalized spacial score (nSPS) is 21.2. The quantitative estimate of drug-likeness (QED) is 0.382. The second-order valence-electron chi connectivity index (χ2n) is 8.60. The zero-order chi connectivity index (χ0) is 20.5. The van der Waals surface area contributed by atoms with Crippen LogP contribution < -0.4 is 0 Å². The molecule has 0 atom stereocenters. The Balaban J connectivity index is 2.21. The molecule has 1 aliphatic carbocycles. The summed E-state index contributed by atoms with van der Waals surface area (Å²) in [6.45, 7) is 0. The average molecular weight is 397 g/mol. The van der Waals surface area contributed by atoms with Crippen LogP contribution in [0.15, 0.2) is 60.8 Å². The minimum atomic E-state index is 1.22. The van der Waals surface area contributed by atoms with Crippen LogP contribution in [0.25, 0.3) is 0 Å². The summed E-state index contributed by atoms with van der Waals surface area (Å²) in [6, 6.07) is 0. The Morgan fingerprint density at radius 1 is 0.207 bits per heavy atom. The zero-order valence-corrected chi connectivity index (χ0v) is 19.2. The molecule has 0 saturated heterocycles. The highest BCUT2D eigenvalue weighted by molar-refractivity contribution is 5.17. The molecule has 0 aromatic rings. The molecular weight excluding hydrogens is 348 g/mol. The Morgan fingerprint density at radius 3 is 0.690 bits per heavy atom. The molecule has 164 valence electrons. The van der Waals surface area contributed by atoms with E-state index >= 15 is 0 Å². The van der Waals surface area contributed by atoms with Gasteiger partial charge in [0, 0.05) is 0 Å². The van der Waals surface area contributed by atoms with E-state index in [0.717, 1.165) is 0 Å². The fraction of sp³-hybridized carbons (Fsp3) is 0.655. The molecule has 0 nitrogen and oxygen atoms in total. The standard InChI is InChI=1S/C29H48/c1-2-4-6-8-10-12-14-16-18-20-22-24-26-28-29-27-25-23-21-19-17-15-13-11-9-7-5-3-1/h1-10H,11-29H2. The van der Waals surface area contributed by atoms with Gasteiger partial charge in [-0.15, -0.1) is 0 Å². The van der Waals surface area contributed by atoms with Gasteiger partial charge >= 0.3 is 0 Å². The highest BCUT2D eigenvalue weighted by atomic mass is 14.0. The first-order valence-corrected chi connectivity index (χ1v) is 12.8. The monoisotopic (exact) mass is 396 g/mol. The van der Waals surface area contributed by atoms with Gasteiger partial charge in [0.15, 0.2) is 0 Å². The summed E-state index contributed by atoms with van der Waals surface area (Å²) >= 11 is 0. The van der Waals surface area contributed by atoms with Crippen LogP contribution in [0, 0.1) is 0 Å². The Hall–Kier alpha value is -1.30. The second kappa shape index (κ2) is 23.0. The van der Waals surface area contributed by atoms with Crippen molar-refractivity contribution in [2.24, 2.45) is 0 Å². The van der Waals surface area contributed by atoms with E-state index in [4.69, 9.17) is 0 Å². The molecule has 0 aliphatic heterocycles. The third-order valence-corrected chi connectivity index (χ3v) is 5.79. The third-order valence-electron chi connectivity index (χ3n) is 5.79.